The summed E-state index contributed by atoms with van der Waals surface area (Å²) in [7, 11) is 1.53. The van der Waals surface area contributed by atoms with Gasteiger partial charge in [0.05, 0.1) is 0 Å². The summed E-state index contributed by atoms with van der Waals surface area (Å²) >= 11 is 0. The molecule has 0 aliphatic carbocycles. The Balaban J connectivity index is 2.39. The van der Waals surface area contributed by atoms with Crippen molar-refractivity contribution in [1.82, 2.24) is 10.6 Å². The van der Waals surface area contributed by atoms with Gasteiger partial charge in [0, 0.05) is 36.8 Å². The quantitative estimate of drug-likeness (QED) is 0.601. The van der Waals surface area contributed by atoms with E-state index in [4.69, 9.17) is 0 Å². The van der Waals surface area contributed by atoms with Crippen molar-refractivity contribution in [3.63, 3.8) is 0 Å². The zero-order valence-corrected chi connectivity index (χ0v) is 14.7. The molecule has 24 heavy (non-hydrogen) atoms. The highest BCUT2D eigenvalue weighted by atomic mass is 16.2. The van der Waals surface area contributed by atoms with Crippen LogP contribution in [0.4, 0.5) is 16.2 Å². The maximum Gasteiger partial charge on any atom is 0.318 e. The van der Waals surface area contributed by atoms with E-state index in [1.54, 1.807) is 24.3 Å². The number of anilines is 2. The fourth-order valence-electron chi connectivity index (χ4n) is 1.81. The molecule has 7 heteroatoms. The van der Waals surface area contributed by atoms with Crippen molar-refractivity contribution in [3.05, 3.63) is 24.3 Å². The summed E-state index contributed by atoms with van der Waals surface area (Å²) in [6.45, 7) is 5.99. The Labute approximate surface area is 142 Å². The molecule has 4 amide bonds. The monoisotopic (exact) mass is 334 g/mol. The first-order valence-corrected chi connectivity index (χ1v) is 7.89. The van der Waals surface area contributed by atoms with Gasteiger partial charge >= 0.3 is 6.03 Å². The smallest absolute Gasteiger partial charge is 0.318 e. The van der Waals surface area contributed by atoms with Crippen LogP contribution in [0.5, 0.6) is 0 Å². The first-order valence-electron chi connectivity index (χ1n) is 7.89. The van der Waals surface area contributed by atoms with Crippen molar-refractivity contribution in [2.75, 3.05) is 24.2 Å². The highest BCUT2D eigenvalue weighted by Crippen LogP contribution is 2.15. The molecule has 0 fully saturated rings. The van der Waals surface area contributed by atoms with Gasteiger partial charge < -0.3 is 21.3 Å². The Bertz CT molecular complexity index is 594. The number of benzene rings is 1. The first kappa shape index (κ1) is 19.5. The van der Waals surface area contributed by atoms with Gasteiger partial charge in [0.1, 0.15) is 0 Å². The molecule has 0 radical (unpaired) electrons. The van der Waals surface area contributed by atoms with E-state index in [9.17, 15) is 14.4 Å². The molecule has 0 saturated carbocycles. The minimum Gasteiger partial charge on any atom is -0.356 e. The number of urea groups is 1. The Morgan fingerprint density at radius 1 is 1.04 bits per heavy atom. The summed E-state index contributed by atoms with van der Waals surface area (Å²) in [5.41, 5.74) is 0.762. The summed E-state index contributed by atoms with van der Waals surface area (Å²) < 4.78 is 0. The number of hydrogen-bond acceptors (Lipinski definition) is 3. The lowest BCUT2D eigenvalue weighted by Crippen LogP contribution is -2.35. The molecule has 0 aliphatic rings. The standard InChI is InChI=1S/C17H26N4O3/c1-17(2,3)15(23)19-10-6-9-14(22)20-12-7-5-8-13(11-12)21-16(24)18-4/h5,7-8,11H,6,9-10H2,1-4H3,(H,19,23)(H,20,22)(H2,18,21,24). The van der Waals surface area contributed by atoms with Crippen LogP contribution in [0.3, 0.4) is 0 Å². The van der Waals surface area contributed by atoms with Crippen molar-refractivity contribution < 1.29 is 14.4 Å². The SMILES string of the molecule is CNC(=O)Nc1cccc(NC(=O)CCCNC(=O)C(C)(C)C)c1. The van der Waals surface area contributed by atoms with Crippen LogP contribution in [0.1, 0.15) is 33.6 Å². The van der Waals surface area contributed by atoms with Crippen molar-refractivity contribution in [1.29, 1.82) is 0 Å². The van der Waals surface area contributed by atoms with Gasteiger partial charge in [-0.2, -0.15) is 0 Å². The molecule has 4 N–H and O–H groups in total. The highest BCUT2D eigenvalue weighted by Gasteiger charge is 2.20. The fourth-order valence-corrected chi connectivity index (χ4v) is 1.81. The number of amides is 4. The molecule has 1 aromatic carbocycles. The van der Waals surface area contributed by atoms with Gasteiger partial charge in [-0.1, -0.05) is 26.8 Å². The molecule has 0 heterocycles. The summed E-state index contributed by atoms with van der Waals surface area (Å²) in [5, 5.41) is 10.7. The van der Waals surface area contributed by atoms with Crippen LogP contribution in [-0.4, -0.2) is 31.4 Å². The van der Waals surface area contributed by atoms with Crippen molar-refractivity contribution in [2.24, 2.45) is 5.41 Å². The number of hydrogen-bond donors (Lipinski definition) is 4. The van der Waals surface area contributed by atoms with Gasteiger partial charge in [0.15, 0.2) is 0 Å². The van der Waals surface area contributed by atoms with E-state index >= 15 is 0 Å². The van der Waals surface area contributed by atoms with Crippen LogP contribution in [-0.2, 0) is 9.59 Å². The maximum atomic E-state index is 11.9. The van der Waals surface area contributed by atoms with E-state index in [2.05, 4.69) is 21.3 Å². The van der Waals surface area contributed by atoms with Crippen molar-refractivity contribution >= 4 is 29.2 Å². The minimum atomic E-state index is -0.430. The molecule has 0 unspecified atom stereocenters. The molecule has 132 valence electrons. The Morgan fingerprint density at radius 2 is 1.67 bits per heavy atom. The molecular weight excluding hydrogens is 308 g/mol. The topological polar surface area (TPSA) is 99.3 Å². The fraction of sp³-hybridized carbons (Fsp3) is 0.471. The van der Waals surface area contributed by atoms with E-state index in [0.717, 1.165) is 0 Å². The molecular formula is C17H26N4O3. The number of rotatable bonds is 6. The summed E-state index contributed by atoms with van der Waals surface area (Å²) in [6.07, 6.45) is 0.862. The second-order valence-corrected chi connectivity index (χ2v) is 6.44. The average molecular weight is 334 g/mol. The lowest BCUT2D eigenvalue weighted by Gasteiger charge is -2.17. The van der Waals surface area contributed by atoms with E-state index in [1.807, 2.05) is 20.8 Å². The van der Waals surface area contributed by atoms with Crippen LogP contribution in [0, 0.1) is 5.41 Å². The van der Waals surface area contributed by atoms with Crippen LogP contribution in [0.15, 0.2) is 24.3 Å². The van der Waals surface area contributed by atoms with Crippen LogP contribution in [0.25, 0.3) is 0 Å². The Kier molecular flexibility index (Phi) is 7.23. The first-order chi connectivity index (χ1) is 11.2. The Hall–Kier alpha value is -2.57. The predicted octanol–water partition coefficient (Wildman–Crippen LogP) is 2.32. The summed E-state index contributed by atoms with van der Waals surface area (Å²) in [4.78, 5) is 34.9. The van der Waals surface area contributed by atoms with Crippen LogP contribution in [0.2, 0.25) is 0 Å². The Morgan fingerprint density at radius 3 is 2.25 bits per heavy atom. The van der Waals surface area contributed by atoms with Crippen molar-refractivity contribution in [3.8, 4) is 0 Å². The predicted molar refractivity (Wildman–Crippen MR) is 94.8 cm³/mol. The van der Waals surface area contributed by atoms with E-state index in [0.29, 0.717) is 30.8 Å². The van der Waals surface area contributed by atoms with Gasteiger partial charge in [-0.15, -0.1) is 0 Å². The molecule has 1 rings (SSSR count). The van der Waals surface area contributed by atoms with E-state index in [1.165, 1.54) is 7.05 Å². The average Bonchev–Trinajstić information content (AvgIpc) is 2.50. The van der Waals surface area contributed by atoms with Gasteiger partial charge in [-0.3, -0.25) is 9.59 Å². The zero-order valence-electron chi connectivity index (χ0n) is 14.7. The second-order valence-electron chi connectivity index (χ2n) is 6.44. The van der Waals surface area contributed by atoms with Crippen molar-refractivity contribution in [2.45, 2.75) is 33.6 Å². The van der Waals surface area contributed by atoms with E-state index in [-0.39, 0.29) is 17.8 Å². The zero-order chi connectivity index (χ0) is 18.2. The summed E-state index contributed by atoms with van der Waals surface area (Å²) in [6, 6.07) is 6.56. The van der Waals surface area contributed by atoms with Crippen LogP contribution >= 0.6 is 0 Å². The molecule has 0 spiro atoms. The molecule has 1 aromatic rings. The third-order valence-corrected chi connectivity index (χ3v) is 3.18. The lowest BCUT2D eigenvalue weighted by atomic mass is 9.96. The number of nitrogens with one attached hydrogen (secondary N) is 4. The normalized spacial score (nSPS) is 10.7. The third-order valence-electron chi connectivity index (χ3n) is 3.18. The largest absolute Gasteiger partial charge is 0.356 e. The molecule has 0 atom stereocenters. The number of carbonyl (C=O) groups is 3. The van der Waals surface area contributed by atoms with Gasteiger partial charge in [-0.05, 0) is 24.6 Å². The van der Waals surface area contributed by atoms with Crippen LogP contribution < -0.4 is 21.3 Å². The van der Waals surface area contributed by atoms with E-state index < -0.39 is 5.41 Å². The van der Waals surface area contributed by atoms with Gasteiger partial charge in [0.2, 0.25) is 11.8 Å². The second kappa shape index (κ2) is 8.90. The molecule has 0 aromatic heterocycles. The summed E-state index contributed by atoms with van der Waals surface area (Å²) in [5.74, 6) is -0.173. The van der Waals surface area contributed by atoms with Gasteiger partial charge in [0.25, 0.3) is 0 Å². The lowest BCUT2D eigenvalue weighted by molar-refractivity contribution is -0.128. The maximum absolute atomic E-state index is 11.9. The number of carbonyl (C=O) groups excluding carboxylic acids is 3. The molecule has 0 aliphatic heterocycles. The third kappa shape index (κ3) is 7.13. The molecule has 0 bridgehead atoms. The minimum absolute atomic E-state index is 0.0316. The van der Waals surface area contributed by atoms with Gasteiger partial charge in [-0.25, -0.2) is 4.79 Å². The molecule has 0 saturated heterocycles. The highest BCUT2D eigenvalue weighted by molar-refractivity contribution is 5.93. The molecule has 7 nitrogen and oxygen atoms in total.